The molecule has 0 bridgehead atoms. The zero-order valence-corrected chi connectivity index (χ0v) is 11.8. The van der Waals surface area contributed by atoms with Crippen LogP contribution in [0.25, 0.3) is 0 Å². The molecule has 4 nitrogen and oxygen atoms in total. The summed E-state index contributed by atoms with van der Waals surface area (Å²) < 4.78 is 18.9. The number of amides is 1. The molecule has 0 radical (unpaired) electrons. The molecular weight excluding hydrogens is 247 g/mol. The molecule has 0 aromatic heterocycles. The molecule has 19 heavy (non-hydrogen) atoms. The summed E-state index contributed by atoms with van der Waals surface area (Å²) in [7, 11) is 0. The van der Waals surface area contributed by atoms with Crippen molar-refractivity contribution in [3.05, 3.63) is 35.1 Å². The minimum absolute atomic E-state index is 0.0257. The molecule has 0 spiro atoms. The second-order valence-electron chi connectivity index (χ2n) is 5.53. The Morgan fingerprint density at radius 3 is 2.63 bits per heavy atom. The van der Waals surface area contributed by atoms with Crippen LogP contribution >= 0.6 is 0 Å². The maximum Gasteiger partial charge on any atom is 0.408 e. The molecule has 0 aliphatic carbocycles. The fourth-order valence-corrected chi connectivity index (χ4v) is 1.61. The van der Waals surface area contributed by atoms with Gasteiger partial charge in [-0.25, -0.2) is 9.18 Å². The number of ether oxygens (including phenoxy) is 1. The zero-order valence-electron chi connectivity index (χ0n) is 11.8. The van der Waals surface area contributed by atoms with E-state index in [1.54, 1.807) is 12.1 Å². The number of aryl methyl sites for hydroxylation is 1. The Labute approximate surface area is 113 Å². The van der Waals surface area contributed by atoms with E-state index < -0.39 is 23.6 Å². The lowest BCUT2D eigenvalue weighted by Gasteiger charge is -2.23. The van der Waals surface area contributed by atoms with Crippen molar-refractivity contribution in [1.29, 1.82) is 0 Å². The summed E-state index contributed by atoms with van der Waals surface area (Å²) in [5, 5.41) is 2.65. The van der Waals surface area contributed by atoms with Gasteiger partial charge in [-0.2, -0.15) is 0 Å². The van der Waals surface area contributed by atoms with Crippen LogP contribution < -0.4 is 11.1 Å². The van der Waals surface area contributed by atoms with Gasteiger partial charge < -0.3 is 15.8 Å². The highest BCUT2D eigenvalue weighted by atomic mass is 19.1. The van der Waals surface area contributed by atoms with E-state index in [0.717, 1.165) is 5.56 Å². The van der Waals surface area contributed by atoms with E-state index in [0.29, 0.717) is 5.56 Å². The number of carbonyl (C=O) groups is 1. The molecule has 1 rings (SSSR count). The molecule has 0 saturated carbocycles. The highest BCUT2D eigenvalue weighted by Gasteiger charge is 2.21. The number of rotatable bonds is 3. The van der Waals surface area contributed by atoms with Crippen molar-refractivity contribution in [2.24, 2.45) is 5.73 Å². The average molecular weight is 268 g/mol. The molecular formula is C14H21FN2O2. The number of benzene rings is 1. The van der Waals surface area contributed by atoms with Crippen LogP contribution in [0, 0.1) is 12.7 Å². The average Bonchev–Trinajstić information content (AvgIpc) is 2.27. The quantitative estimate of drug-likeness (QED) is 0.885. The van der Waals surface area contributed by atoms with Crippen LogP contribution in [0.5, 0.6) is 0 Å². The summed E-state index contributed by atoms with van der Waals surface area (Å²) in [6.07, 6.45) is -1.40. The van der Waals surface area contributed by atoms with Gasteiger partial charge in [-0.1, -0.05) is 11.6 Å². The first-order valence-electron chi connectivity index (χ1n) is 6.18. The molecule has 1 aromatic carbocycles. The molecule has 0 unspecified atom stereocenters. The van der Waals surface area contributed by atoms with E-state index >= 15 is 0 Å². The minimum Gasteiger partial charge on any atom is -0.440 e. The number of alkyl carbamates (subject to hydrolysis) is 1. The molecule has 1 amide bonds. The SMILES string of the molecule is Cc1ccc(F)c([C@H](CN)OC(=O)NC(C)(C)C)c1. The van der Waals surface area contributed by atoms with Crippen molar-refractivity contribution in [1.82, 2.24) is 5.32 Å². The third-order valence-corrected chi connectivity index (χ3v) is 2.44. The number of nitrogens with one attached hydrogen (secondary N) is 1. The minimum atomic E-state index is -0.790. The number of carbonyl (C=O) groups excluding carboxylic acids is 1. The Morgan fingerprint density at radius 1 is 1.47 bits per heavy atom. The van der Waals surface area contributed by atoms with Gasteiger partial charge in [0.1, 0.15) is 11.9 Å². The van der Waals surface area contributed by atoms with E-state index in [9.17, 15) is 9.18 Å². The van der Waals surface area contributed by atoms with Crippen LogP contribution in [0.1, 0.15) is 38.0 Å². The molecule has 0 aliphatic rings. The Kier molecular flexibility index (Phi) is 4.89. The van der Waals surface area contributed by atoms with Gasteiger partial charge in [0, 0.05) is 17.6 Å². The van der Waals surface area contributed by atoms with Crippen molar-refractivity contribution in [2.75, 3.05) is 6.54 Å². The van der Waals surface area contributed by atoms with Crippen molar-refractivity contribution < 1.29 is 13.9 Å². The van der Waals surface area contributed by atoms with Crippen LogP contribution in [-0.2, 0) is 4.74 Å². The summed E-state index contributed by atoms with van der Waals surface area (Å²) in [4.78, 5) is 11.7. The predicted octanol–water partition coefficient (Wildman–Crippen LogP) is 2.66. The van der Waals surface area contributed by atoms with Crippen molar-refractivity contribution in [3.8, 4) is 0 Å². The van der Waals surface area contributed by atoms with Gasteiger partial charge in [0.25, 0.3) is 0 Å². The van der Waals surface area contributed by atoms with E-state index in [4.69, 9.17) is 10.5 Å². The van der Waals surface area contributed by atoms with Crippen LogP contribution in [0.4, 0.5) is 9.18 Å². The second-order valence-corrected chi connectivity index (χ2v) is 5.53. The lowest BCUT2D eigenvalue weighted by molar-refractivity contribution is 0.0931. The first-order valence-corrected chi connectivity index (χ1v) is 6.18. The molecule has 0 heterocycles. The highest BCUT2D eigenvalue weighted by Crippen LogP contribution is 2.21. The number of hydrogen-bond donors (Lipinski definition) is 2. The van der Waals surface area contributed by atoms with Gasteiger partial charge in [-0.3, -0.25) is 0 Å². The van der Waals surface area contributed by atoms with E-state index in [-0.39, 0.29) is 6.54 Å². The zero-order chi connectivity index (χ0) is 14.6. The molecule has 3 N–H and O–H groups in total. The summed E-state index contributed by atoms with van der Waals surface area (Å²) >= 11 is 0. The maximum atomic E-state index is 13.7. The number of hydrogen-bond acceptors (Lipinski definition) is 3. The molecule has 5 heteroatoms. The number of nitrogens with two attached hydrogens (primary N) is 1. The summed E-state index contributed by atoms with van der Waals surface area (Å²) in [5.41, 5.74) is 6.33. The van der Waals surface area contributed by atoms with Crippen molar-refractivity contribution in [2.45, 2.75) is 39.3 Å². The Morgan fingerprint density at radius 2 is 2.11 bits per heavy atom. The van der Waals surface area contributed by atoms with Crippen LogP contribution in [-0.4, -0.2) is 18.2 Å². The van der Waals surface area contributed by atoms with Gasteiger partial charge in [0.2, 0.25) is 0 Å². The van der Waals surface area contributed by atoms with Gasteiger partial charge in [-0.05, 0) is 39.8 Å². The molecule has 0 aliphatic heterocycles. The largest absolute Gasteiger partial charge is 0.440 e. The summed E-state index contributed by atoms with van der Waals surface area (Å²) in [6.45, 7) is 7.36. The van der Waals surface area contributed by atoms with Gasteiger partial charge in [-0.15, -0.1) is 0 Å². The first-order chi connectivity index (χ1) is 8.73. The maximum absolute atomic E-state index is 13.7. The van der Waals surface area contributed by atoms with Crippen LogP contribution in [0.15, 0.2) is 18.2 Å². The molecule has 106 valence electrons. The Bertz CT molecular complexity index is 455. The standard InChI is InChI=1S/C14H21FN2O2/c1-9-5-6-11(15)10(7-9)12(8-16)19-13(18)17-14(2,3)4/h5-7,12H,8,16H2,1-4H3,(H,17,18)/t12-/m0/s1. The fourth-order valence-electron chi connectivity index (χ4n) is 1.61. The highest BCUT2D eigenvalue weighted by molar-refractivity contribution is 5.68. The first kappa shape index (κ1) is 15.4. The van der Waals surface area contributed by atoms with Gasteiger partial charge >= 0.3 is 6.09 Å². The molecule has 0 fully saturated rings. The van der Waals surface area contributed by atoms with E-state index in [1.807, 2.05) is 27.7 Å². The van der Waals surface area contributed by atoms with Gasteiger partial charge in [0.05, 0.1) is 0 Å². The molecule has 0 saturated heterocycles. The van der Waals surface area contributed by atoms with E-state index in [1.165, 1.54) is 6.07 Å². The van der Waals surface area contributed by atoms with Crippen LogP contribution in [0.2, 0.25) is 0 Å². The molecule has 1 atom stereocenters. The fraction of sp³-hybridized carbons (Fsp3) is 0.500. The summed E-state index contributed by atoms with van der Waals surface area (Å²) in [6, 6.07) is 4.64. The third kappa shape index (κ3) is 4.87. The topological polar surface area (TPSA) is 64.3 Å². The number of halogens is 1. The normalized spacial score (nSPS) is 12.9. The Hall–Kier alpha value is -1.62. The van der Waals surface area contributed by atoms with Crippen LogP contribution in [0.3, 0.4) is 0 Å². The monoisotopic (exact) mass is 268 g/mol. The lowest BCUT2D eigenvalue weighted by Crippen LogP contribution is -2.42. The van der Waals surface area contributed by atoms with Crippen molar-refractivity contribution in [3.63, 3.8) is 0 Å². The smallest absolute Gasteiger partial charge is 0.408 e. The van der Waals surface area contributed by atoms with E-state index in [2.05, 4.69) is 5.32 Å². The second kappa shape index (κ2) is 6.02. The summed E-state index contributed by atoms with van der Waals surface area (Å²) in [5.74, 6) is -0.426. The lowest BCUT2D eigenvalue weighted by atomic mass is 10.1. The van der Waals surface area contributed by atoms with Gasteiger partial charge in [0.15, 0.2) is 0 Å². The molecule has 1 aromatic rings. The van der Waals surface area contributed by atoms with Crippen molar-refractivity contribution >= 4 is 6.09 Å². The Balaban J connectivity index is 2.84. The third-order valence-electron chi connectivity index (χ3n) is 2.44. The predicted molar refractivity (Wildman–Crippen MR) is 72.3 cm³/mol.